The first-order chi connectivity index (χ1) is 18.4. The van der Waals surface area contributed by atoms with E-state index in [1.165, 1.54) is 6.33 Å². The molecule has 1 saturated heterocycles. The number of alkyl halides is 1. The number of ether oxygens (including phenoxy) is 2. The fourth-order valence-electron chi connectivity index (χ4n) is 4.56. The third-order valence-electron chi connectivity index (χ3n) is 6.66. The molecule has 4 heterocycles. The van der Waals surface area contributed by atoms with Gasteiger partial charge in [-0.25, -0.2) is 24.3 Å². The molecule has 2 atom stereocenters. The van der Waals surface area contributed by atoms with Gasteiger partial charge >= 0.3 is 6.01 Å². The molecule has 1 aliphatic rings. The third-order valence-corrected chi connectivity index (χ3v) is 6.66. The largest absolute Gasteiger partial charge is 0.457 e. The Kier molecular flexibility index (Phi) is 6.20. The van der Waals surface area contributed by atoms with Crippen LogP contribution < -0.4 is 14.8 Å². The number of anilines is 2. The van der Waals surface area contributed by atoms with Crippen LogP contribution in [0.2, 0.25) is 0 Å². The predicted octanol–water partition coefficient (Wildman–Crippen LogP) is 4.57. The molecule has 2 aromatic carbocycles. The first kappa shape index (κ1) is 24.0. The Labute approximate surface area is 218 Å². The van der Waals surface area contributed by atoms with Gasteiger partial charge in [0.25, 0.3) is 0 Å². The molecular weight excluding hydrogens is 487 g/mol. The molecule has 0 radical (unpaired) electrons. The second-order valence-electron chi connectivity index (χ2n) is 9.55. The van der Waals surface area contributed by atoms with Gasteiger partial charge in [0.15, 0.2) is 5.82 Å². The van der Waals surface area contributed by atoms with Crippen molar-refractivity contribution in [3.63, 3.8) is 0 Å². The molecule has 0 unspecified atom stereocenters. The quantitative estimate of drug-likeness (QED) is 0.349. The number of likely N-dealkylation sites (tertiary alicyclic amines) is 1. The number of halogens is 1. The topological polar surface area (TPSA) is 103 Å². The summed E-state index contributed by atoms with van der Waals surface area (Å²) in [6.07, 6.45) is 3.52. The lowest BCUT2D eigenvalue weighted by molar-refractivity contribution is 0.0239. The van der Waals surface area contributed by atoms with Gasteiger partial charge in [-0.3, -0.25) is 0 Å². The van der Waals surface area contributed by atoms with Gasteiger partial charge in [0.2, 0.25) is 0 Å². The van der Waals surface area contributed by atoms with E-state index in [1.807, 2.05) is 66.9 Å². The average Bonchev–Trinajstić information content (AvgIpc) is 3.28. The molecule has 6 rings (SSSR count). The lowest BCUT2D eigenvalue weighted by atomic mass is 10.1. The van der Waals surface area contributed by atoms with Crippen LogP contribution in [0.5, 0.6) is 17.5 Å². The van der Waals surface area contributed by atoms with E-state index in [9.17, 15) is 4.39 Å². The normalized spacial score (nSPS) is 18.1. The fourth-order valence-corrected chi connectivity index (χ4v) is 4.56. The van der Waals surface area contributed by atoms with Crippen molar-refractivity contribution in [3.8, 4) is 17.5 Å². The van der Waals surface area contributed by atoms with E-state index in [0.29, 0.717) is 42.1 Å². The summed E-state index contributed by atoms with van der Waals surface area (Å²) in [4.78, 5) is 23.8. The molecule has 10 nitrogen and oxygen atoms in total. The summed E-state index contributed by atoms with van der Waals surface area (Å²) in [5.74, 6) is 1.94. The van der Waals surface area contributed by atoms with Crippen molar-refractivity contribution < 1.29 is 13.9 Å². The Bertz CT molecular complexity index is 1620. The van der Waals surface area contributed by atoms with Crippen molar-refractivity contribution in [2.24, 2.45) is 7.05 Å². The minimum Gasteiger partial charge on any atom is -0.457 e. The van der Waals surface area contributed by atoms with Crippen molar-refractivity contribution in [2.75, 3.05) is 25.5 Å². The SMILES string of the molecule is Cc1cc(Nc2ncnc3cnc(O[C@H]4CN(C)CC[C@@H]4F)nc23)ccc1Oc1ccc2c(c1)ncn2C. The molecule has 1 aliphatic heterocycles. The predicted molar refractivity (Wildman–Crippen MR) is 142 cm³/mol. The molecule has 0 spiro atoms. The zero-order chi connectivity index (χ0) is 26.2. The monoisotopic (exact) mass is 514 g/mol. The maximum Gasteiger partial charge on any atom is 0.317 e. The molecule has 0 saturated carbocycles. The summed E-state index contributed by atoms with van der Waals surface area (Å²) in [5, 5.41) is 3.30. The highest BCUT2D eigenvalue weighted by Gasteiger charge is 2.30. The summed E-state index contributed by atoms with van der Waals surface area (Å²) in [6, 6.07) is 11.7. The van der Waals surface area contributed by atoms with Gasteiger partial charge < -0.3 is 24.3 Å². The molecule has 3 aromatic heterocycles. The molecule has 11 heteroatoms. The highest BCUT2D eigenvalue weighted by atomic mass is 19.1. The van der Waals surface area contributed by atoms with Crippen molar-refractivity contribution in [2.45, 2.75) is 25.6 Å². The fraction of sp³-hybridized carbons (Fsp3) is 0.296. The number of fused-ring (bicyclic) bond motifs is 2. The average molecular weight is 515 g/mol. The number of nitrogens with one attached hydrogen (secondary N) is 1. The lowest BCUT2D eigenvalue weighted by Gasteiger charge is -2.31. The van der Waals surface area contributed by atoms with Gasteiger partial charge in [-0.1, -0.05) is 0 Å². The first-order valence-corrected chi connectivity index (χ1v) is 12.4. The molecule has 38 heavy (non-hydrogen) atoms. The van der Waals surface area contributed by atoms with Gasteiger partial charge in [0, 0.05) is 31.9 Å². The Morgan fingerprint density at radius 1 is 1.03 bits per heavy atom. The smallest absolute Gasteiger partial charge is 0.317 e. The molecule has 194 valence electrons. The Morgan fingerprint density at radius 2 is 1.92 bits per heavy atom. The number of piperidine rings is 1. The zero-order valence-corrected chi connectivity index (χ0v) is 21.3. The van der Waals surface area contributed by atoms with Gasteiger partial charge in [-0.15, -0.1) is 0 Å². The number of hydrogen-bond acceptors (Lipinski definition) is 9. The lowest BCUT2D eigenvalue weighted by Crippen LogP contribution is -2.46. The van der Waals surface area contributed by atoms with Gasteiger partial charge in [0.1, 0.15) is 41.1 Å². The summed E-state index contributed by atoms with van der Waals surface area (Å²) in [5.41, 5.74) is 4.68. The zero-order valence-electron chi connectivity index (χ0n) is 21.3. The summed E-state index contributed by atoms with van der Waals surface area (Å²) in [6.45, 7) is 3.15. The minimum atomic E-state index is -1.07. The van der Waals surface area contributed by atoms with Gasteiger partial charge in [-0.2, -0.15) is 4.98 Å². The van der Waals surface area contributed by atoms with E-state index >= 15 is 0 Å². The Hall–Kier alpha value is -4.38. The van der Waals surface area contributed by atoms with Crippen LogP contribution in [-0.2, 0) is 7.05 Å². The maximum absolute atomic E-state index is 14.4. The van der Waals surface area contributed by atoms with Crippen LogP contribution in [0.1, 0.15) is 12.0 Å². The third kappa shape index (κ3) is 4.80. The molecule has 1 N–H and O–H groups in total. The van der Waals surface area contributed by atoms with Crippen molar-refractivity contribution in [3.05, 3.63) is 60.8 Å². The number of benzene rings is 2. The van der Waals surface area contributed by atoms with E-state index in [0.717, 1.165) is 28.0 Å². The van der Waals surface area contributed by atoms with Crippen LogP contribution in [-0.4, -0.2) is 66.8 Å². The highest BCUT2D eigenvalue weighted by Crippen LogP contribution is 2.31. The molecule has 5 aromatic rings. The van der Waals surface area contributed by atoms with Crippen LogP contribution in [0, 0.1) is 6.92 Å². The standard InChI is InChI=1S/C27H27FN8O2/c1-16-10-17(4-7-23(16)37-18-5-6-22-20(11-18)32-15-36(22)3)33-26-25-21(30-14-31-26)12-29-27(34-25)38-24-13-35(2)9-8-19(24)28/h4-7,10-12,14-15,19,24H,8-9,13H2,1-3H3,(H,30,31,33)/t19-,24-/m0/s1. The highest BCUT2D eigenvalue weighted by molar-refractivity contribution is 5.86. The number of likely N-dealkylation sites (N-methyl/N-ethyl adjacent to an activating group) is 1. The second-order valence-corrected chi connectivity index (χ2v) is 9.55. The van der Waals surface area contributed by atoms with E-state index in [-0.39, 0.29) is 6.01 Å². The van der Waals surface area contributed by atoms with Crippen LogP contribution in [0.25, 0.3) is 22.1 Å². The number of imidazole rings is 1. The van der Waals surface area contributed by atoms with Crippen LogP contribution >= 0.6 is 0 Å². The van der Waals surface area contributed by atoms with Crippen molar-refractivity contribution in [1.82, 2.24) is 34.4 Å². The van der Waals surface area contributed by atoms with Crippen LogP contribution in [0.15, 0.2) is 55.2 Å². The molecule has 1 fully saturated rings. The van der Waals surface area contributed by atoms with Gasteiger partial charge in [0.05, 0.1) is 23.6 Å². The number of nitrogens with zero attached hydrogens (tertiary/aromatic N) is 7. The van der Waals surface area contributed by atoms with E-state index in [4.69, 9.17) is 9.47 Å². The number of rotatable bonds is 6. The van der Waals surface area contributed by atoms with Crippen molar-refractivity contribution in [1.29, 1.82) is 0 Å². The van der Waals surface area contributed by atoms with Crippen LogP contribution in [0.4, 0.5) is 15.9 Å². The first-order valence-electron chi connectivity index (χ1n) is 12.4. The summed E-state index contributed by atoms with van der Waals surface area (Å²) >= 11 is 0. The minimum absolute atomic E-state index is 0.100. The number of hydrogen-bond donors (Lipinski definition) is 1. The number of aromatic nitrogens is 6. The summed E-state index contributed by atoms with van der Waals surface area (Å²) in [7, 11) is 3.90. The van der Waals surface area contributed by atoms with Gasteiger partial charge in [-0.05, 0) is 56.3 Å². The Morgan fingerprint density at radius 3 is 2.79 bits per heavy atom. The second kappa shape index (κ2) is 9.82. The van der Waals surface area contributed by atoms with Crippen molar-refractivity contribution >= 4 is 33.6 Å². The van der Waals surface area contributed by atoms with E-state index in [2.05, 4.69) is 30.2 Å². The molecule has 0 aliphatic carbocycles. The maximum atomic E-state index is 14.4. The number of aryl methyl sites for hydroxylation is 2. The summed E-state index contributed by atoms with van der Waals surface area (Å²) < 4.78 is 28.3. The molecule has 0 bridgehead atoms. The molecule has 0 amide bonds. The van der Waals surface area contributed by atoms with Crippen LogP contribution in [0.3, 0.4) is 0 Å². The van der Waals surface area contributed by atoms with E-state index in [1.54, 1.807) is 12.5 Å². The Balaban J connectivity index is 1.22. The van der Waals surface area contributed by atoms with E-state index < -0.39 is 12.3 Å². The molecular formula is C27H27FN8O2.